The molecule has 146 valence electrons. The molecule has 0 aliphatic heterocycles. The van der Waals surface area contributed by atoms with Gasteiger partial charge in [-0.3, -0.25) is 4.79 Å². The summed E-state index contributed by atoms with van der Waals surface area (Å²) in [7, 11) is 3.20. The number of hydrogen-bond donors (Lipinski definition) is 1. The van der Waals surface area contributed by atoms with E-state index in [2.05, 4.69) is 5.32 Å². The topological polar surface area (TPSA) is 56.8 Å². The van der Waals surface area contributed by atoms with Crippen LogP contribution in [-0.2, 0) is 4.79 Å². The number of methoxy groups -OCH3 is 2. The largest absolute Gasteiger partial charge is 0.493 e. The third-order valence-corrected chi connectivity index (χ3v) is 4.55. The number of benzene rings is 2. The number of carbonyl (C=O) groups excluding carboxylic acids is 1. The first kappa shape index (κ1) is 20.6. The number of nitrogens with one attached hydrogen (secondary N) is 1. The molecule has 1 N–H and O–H groups in total. The van der Waals surface area contributed by atoms with Crippen molar-refractivity contribution in [1.82, 2.24) is 5.32 Å². The molecule has 2 atom stereocenters. The summed E-state index contributed by atoms with van der Waals surface area (Å²) in [5, 5.41) is 3.07. The molecule has 5 nitrogen and oxygen atoms in total. The molecule has 0 aromatic heterocycles. The Kier molecular flexibility index (Phi) is 7.11. The van der Waals surface area contributed by atoms with Gasteiger partial charge >= 0.3 is 0 Å². The van der Waals surface area contributed by atoms with Gasteiger partial charge < -0.3 is 19.5 Å². The number of rotatable bonds is 8. The average molecular weight is 371 g/mol. The van der Waals surface area contributed by atoms with Crippen LogP contribution in [0.4, 0.5) is 0 Å². The highest BCUT2D eigenvalue weighted by molar-refractivity contribution is 5.81. The minimum atomic E-state index is -0.598. The molecule has 2 aromatic carbocycles. The first-order valence-electron chi connectivity index (χ1n) is 9.15. The predicted octanol–water partition coefficient (Wildman–Crippen LogP) is 4.36. The first-order valence-corrected chi connectivity index (χ1v) is 9.15. The van der Waals surface area contributed by atoms with Crippen LogP contribution in [0.25, 0.3) is 0 Å². The van der Waals surface area contributed by atoms with E-state index in [1.807, 2.05) is 57.2 Å². The third kappa shape index (κ3) is 5.16. The van der Waals surface area contributed by atoms with E-state index < -0.39 is 6.10 Å². The molecule has 0 saturated carbocycles. The van der Waals surface area contributed by atoms with Crippen molar-refractivity contribution in [3.63, 3.8) is 0 Å². The molecule has 2 aromatic rings. The Balaban J connectivity index is 2.11. The summed E-state index contributed by atoms with van der Waals surface area (Å²) in [4.78, 5) is 12.7. The quantitative estimate of drug-likeness (QED) is 0.749. The smallest absolute Gasteiger partial charge is 0.261 e. The number of hydrogen-bond acceptors (Lipinski definition) is 4. The lowest BCUT2D eigenvalue weighted by atomic mass is 10.0. The Hall–Kier alpha value is -2.69. The molecule has 0 unspecified atom stereocenters. The molecule has 0 aliphatic carbocycles. The predicted molar refractivity (Wildman–Crippen MR) is 107 cm³/mol. The highest BCUT2D eigenvalue weighted by Gasteiger charge is 2.21. The van der Waals surface area contributed by atoms with Gasteiger partial charge in [0.2, 0.25) is 0 Å². The summed E-state index contributed by atoms with van der Waals surface area (Å²) >= 11 is 0. The molecule has 0 bridgehead atoms. The van der Waals surface area contributed by atoms with Crippen LogP contribution >= 0.6 is 0 Å². The van der Waals surface area contributed by atoms with Crippen molar-refractivity contribution < 1.29 is 19.0 Å². The van der Waals surface area contributed by atoms with Gasteiger partial charge in [0.25, 0.3) is 5.91 Å². The van der Waals surface area contributed by atoms with Gasteiger partial charge in [0.05, 0.1) is 20.3 Å². The minimum absolute atomic E-state index is 0.137. The van der Waals surface area contributed by atoms with Crippen molar-refractivity contribution in [1.29, 1.82) is 0 Å². The second kappa shape index (κ2) is 9.31. The van der Waals surface area contributed by atoms with Crippen LogP contribution in [0.5, 0.6) is 17.2 Å². The van der Waals surface area contributed by atoms with Gasteiger partial charge in [0.15, 0.2) is 17.6 Å². The highest BCUT2D eigenvalue weighted by Crippen LogP contribution is 2.31. The molecule has 27 heavy (non-hydrogen) atoms. The summed E-state index contributed by atoms with van der Waals surface area (Å²) < 4.78 is 16.5. The van der Waals surface area contributed by atoms with Crippen molar-refractivity contribution in [2.24, 2.45) is 0 Å². The van der Waals surface area contributed by atoms with E-state index >= 15 is 0 Å². The first-order chi connectivity index (χ1) is 12.9. The van der Waals surface area contributed by atoms with Crippen LogP contribution in [-0.4, -0.2) is 26.2 Å². The Morgan fingerprint density at radius 3 is 2.33 bits per heavy atom. The fraction of sp³-hybridized carbons (Fsp3) is 0.409. The van der Waals surface area contributed by atoms with E-state index in [9.17, 15) is 4.79 Å². The highest BCUT2D eigenvalue weighted by atomic mass is 16.5. The summed E-state index contributed by atoms with van der Waals surface area (Å²) in [5.41, 5.74) is 3.06. The Bertz CT molecular complexity index is 788. The van der Waals surface area contributed by atoms with E-state index in [1.54, 1.807) is 21.1 Å². The average Bonchev–Trinajstić information content (AvgIpc) is 2.68. The van der Waals surface area contributed by atoms with E-state index in [0.29, 0.717) is 11.5 Å². The number of carbonyl (C=O) groups is 1. The molecule has 0 spiro atoms. The standard InChI is InChI=1S/C22H29NO4/c1-7-18(17-10-11-19(25-5)21(13-17)26-6)23-22(24)16(4)27-20-12-14(2)8-9-15(20)3/h8-13,16,18H,7H2,1-6H3,(H,23,24)/t16-,18-/m1/s1. The van der Waals surface area contributed by atoms with Gasteiger partial charge in [0.1, 0.15) is 5.75 Å². The maximum absolute atomic E-state index is 12.7. The van der Waals surface area contributed by atoms with E-state index in [-0.39, 0.29) is 11.9 Å². The zero-order valence-electron chi connectivity index (χ0n) is 17.0. The van der Waals surface area contributed by atoms with Crippen LogP contribution in [0.15, 0.2) is 36.4 Å². The summed E-state index contributed by atoms with van der Waals surface area (Å²) in [5.74, 6) is 1.88. The van der Waals surface area contributed by atoms with Crippen molar-refractivity contribution in [3.8, 4) is 17.2 Å². The van der Waals surface area contributed by atoms with Crippen molar-refractivity contribution in [2.45, 2.75) is 46.3 Å². The molecule has 0 heterocycles. The second-order valence-corrected chi connectivity index (χ2v) is 6.61. The lowest BCUT2D eigenvalue weighted by molar-refractivity contribution is -0.128. The van der Waals surface area contributed by atoms with Crippen molar-refractivity contribution in [3.05, 3.63) is 53.1 Å². The lowest BCUT2D eigenvalue weighted by Crippen LogP contribution is -2.38. The molecular formula is C22H29NO4. The van der Waals surface area contributed by atoms with E-state index in [4.69, 9.17) is 14.2 Å². The normalized spacial score (nSPS) is 12.8. The molecular weight excluding hydrogens is 342 g/mol. The van der Waals surface area contributed by atoms with Crippen LogP contribution in [0.1, 0.15) is 43.0 Å². The molecule has 1 amide bonds. The molecule has 2 rings (SSSR count). The van der Waals surface area contributed by atoms with Crippen LogP contribution in [0.3, 0.4) is 0 Å². The second-order valence-electron chi connectivity index (χ2n) is 6.61. The fourth-order valence-corrected chi connectivity index (χ4v) is 2.86. The lowest BCUT2D eigenvalue weighted by Gasteiger charge is -2.22. The van der Waals surface area contributed by atoms with Gasteiger partial charge in [-0.05, 0) is 62.1 Å². The molecule has 5 heteroatoms. The van der Waals surface area contributed by atoms with E-state index in [0.717, 1.165) is 28.9 Å². The Morgan fingerprint density at radius 2 is 1.70 bits per heavy atom. The third-order valence-electron chi connectivity index (χ3n) is 4.55. The maximum atomic E-state index is 12.7. The number of ether oxygens (including phenoxy) is 3. The van der Waals surface area contributed by atoms with Crippen LogP contribution in [0, 0.1) is 13.8 Å². The van der Waals surface area contributed by atoms with Gasteiger partial charge in [-0.25, -0.2) is 0 Å². The molecule has 0 aliphatic rings. The zero-order valence-corrected chi connectivity index (χ0v) is 17.0. The summed E-state index contributed by atoms with van der Waals surface area (Å²) in [6.07, 6.45) is 0.150. The Morgan fingerprint density at radius 1 is 1.00 bits per heavy atom. The molecule has 0 fully saturated rings. The molecule has 0 radical (unpaired) electrons. The van der Waals surface area contributed by atoms with Gasteiger partial charge in [-0.1, -0.05) is 25.1 Å². The van der Waals surface area contributed by atoms with Gasteiger partial charge in [-0.2, -0.15) is 0 Å². The number of amides is 1. The van der Waals surface area contributed by atoms with Crippen molar-refractivity contribution in [2.75, 3.05) is 14.2 Å². The Labute approximate surface area is 161 Å². The SMILES string of the molecule is CC[C@@H](NC(=O)[C@@H](C)Oc1cc(C)ccc1C)c1ccc(OC)c(OC)c1. The monoisotopic (exact) mass is 371 g/mol. The van der Waals surface area contributed by atoms with E-state index in [1.165, 1.54) is 0 Å². The molecule has 0 saturated heterocycles. The van der Waals surface area contributed by atoms with Gasteiger partial charge in [0, 0.05) is 0 Å². The fourth-order valence-electron chi connectivity index (χ4n) is 2.86. The van der Waals surface area contributed by atoms with Crippen LogP contribution in [0.2, 0.25) is 0 Å². The summed E-state index contributed by atoms with van der Waals surface area (Å²) in [6.45, 7) is 7.76. The van der Waals surface area contributed by atoms with Crippen molar-refractivity contribution >= 4 is 5.91 Å². The maximum Gasteiger partial charge on any atom is 0.261 e. The van der Waals surface area contributed by atoms with Crippen LogP contribution < -0.4 is 19.5 Å². The minimum Gasteiger partial charge on any atom is -0.493 e. The zero-order chi connectivity index (χ0) is 20.0. The number of aryl methyl sites for hydroxylation is 2. The van der Waals surface area contributed by atoms with Gasteiger partial charge in [-0.15, -0.1) is 0 Å². The summed E-state index contributed by atoms with van der Waals surface area (Å²) in [6, 6.07) is 11.5.